The van der Waals surface area contributed by atoms with Crippen molar-refractivity contribution in [1.82, 2.24) is 9.88 Å². The fraction of sp³-hybridized carbons (Fsp3) is 0.167. The van der Waals surface area contributed by atoms with Crippen LogP contribution in [0, 0.1) is 5.82 Å². The molecule has 1 aliphatic rings. The van der Waals surface area contributed by atoms with E-state index in [1.54, 1.807) is 12.3 Å². The molecule has 1 N–H and O–H groups in total. The number of carbonyl (C=O) groups excluding carboxylic acids is 3. The molecule has 0 saturated carbocycles. The Morgan fingerprint density at radius 2 is 1.92 bits per heavy atom. The highest BCUT2D eigenvalue weighted by Gasteiger charge is 2.36. The third-order valence-corrected chi connectivity index (χ3v) is 3.81. The van der Waals surface area contributed by atoms with Gasteiger partial charge in [0.1, 0.15) is 11.4 Å². The first-order chi connectivity index (χ1) is 11.9. The van der Waals surface area contributed by atoms with Crippen LogP contribution < -0.4 is 10.2 Å². The molecule has 128 valence electrons. The molecule has 0 aliphatic carbocycles. The van der Waals surface area contributed by atoms with Crippen molar-refractivity contribution in [3.63, 3.8) is 0 Å². The van der Waals surface area contributed by atoms with E-state index >= 15 is 0 Å². The number of rotatable bonds is 3. The summed E-state index contributed by atoms with van der Waals surface area (Å²) in [6.07, 6.45) is 5.04. The number of nitrogens with one attached hydrogen (secondary N) is 1. The molecule has 2 aromatic rings. The summed E-state index contributed by atoms with van der Waals surface area (Å²) in [5, 5.41) is 2.11. The predicted octanol–water partition coefficient (Wildman–Crippen LogP) is 2.87. The lowest BCUT2D eigenvalue weighted by Gasteiger charge is -2.26. The molecule has 1 saturated heterocycles. The summed E-state index contributed by atoms with van der Waals surface area (Å²) in [6, 6.07) is 6.14. The number of imide groups is 2. The summed E-state index contributed by atoms with van der Waals surface area (Å²) in [7, 11) is 0. The van der Waals surface area contributed by atoms with Crippen LogP contribution in [0.2, 0.25) is 0 Å². The maximum atomic E-state index is 13.4. The van der Waals surface area contributed by atoms with Crippen molar-refractivity contribution in [2.75, 3.05) is 4.90 Å². The quantitative estimate of drug-likeness (QED) is 0.689. The summed E-state index contributed by atoms with van der Waals surface area (Å²) in [5.74, 6) is -2.16. The predicted molar refractivity (Wildman–Crippen MR) is 90.2 cm³/mol. The molecule has 0 spiro atoms. The number of barbiturate groups is 1. The first-order valence-corrected chi connectivity index (χ1v) is 7.71. The van der Waals surface area contributed by atoms with Crippen LogP contribution in [0.15, 0.2) is 48.3 Å². The highest BCUT2D eigenvalue weighted by atomic mass is 19.1. The summed E-state index contributed by atoms with van der Waals surface area (Å²) < 4.78 is 15.3. The van der Waals surface area contributed by atoms with Gasteiger partial charge in [0.05, 0.1) is 5.69 Å². The van der Waals surface area contributed by atoms with Crippen LogP contribution in [0.3, 0.4) is 0 Å². The van der Waals surface area contributed by atoms with Crippen molar-refractivity contribution in [2.45, 2.75) is 19.9 Å². The van der Waals surface area contributed by atoms with E-state index in [1.165, 1.54) is 24.3 Å². The van der Waals surface area contributed by atoms with E-state index in [9.17, 15) is 18.8 Å². The molecule has 3 rings (SSSR count). The van der Waals surface area contributed by atoms with E-state index in [1.807, 2.05) is 24.6 Å². The largest absolute Gasteiger partial charge is 0.351 e. The Hall–Kier alpha value is -3.22. The Morgan fingerprint density at radius 1 is 1.16 bits per heavy atom. The van der Waals surface area contributed by atoms with Gasteiger partial charge >= 0.3 is 6.03 Å². The Labute approximate surface area is 143 Å². The van der Waals surface area contributed by atoms with E-state index < -0.39 is 23.7 Å². The first-order valence-electron chi connectivity index (χ1n) is 7.71. The lowest BCUT2D eigenvalue weighted by Crippen LogP contribution is -2.54. The first kappa shape index (κ1) is 16.6. The Balaban J connectivity index is 1.99. The highest BCUT2D eigenvalue weighted by Crippen LogP contribution is 2.22. The molecule has 6 nitrogen and oxygen atoms in total. The third-order valence-electron chi connectivity index (χ3n) is 3.81. The van der Waals surface area contributed by atoms with Gasteiger partial charge in [-0.3, -0.25) is 14.9 Å². The zero-order chi connectivity index (χ0) is 18.1. The van der Waals surface area contributed by atoms with Gasteiger partial charge in [-0.1, -0.05) is 6.07 Å². The molecule has 7 heteroatoms. The van der Waals surface area contributed by atoms with Crippen LogP contribution >= 0.6 is 0 Å². The van der Waals surface area contributed by atoms with Crippen LogP contribution in [0.1, 0.15) is 25.5 Å². The van der Waals surface area contributed by atoms with E-state index in [0.29, 0.717) is 5.56 Å². The molecule has 1 aromatic heterocycles. The van der Waals surface area contributed by atoms with Crippen LogP contribution in [0.5, 0.6) is 0 Å². The van der Waals surface area contributed by atoms with Gasteiger partial charge in [0.15, 0.2) is 0 Å². The van der Waals surface area contributed by atoms with Gasteiger partial charge in [-0.15, -0.1) is 0 Å². The number of halogens is 1. The van der Waals surface area contributed by atoms with E-state index in [0.717, 1.165) is 11.0 Å². The van der Waals surface area contributed by atoms with Gasteiger partial charge in [-0.05, 0) is 49.8 Å². The molecule has 4 amide bonds. The number of urea groups is 1. The SMILES string of the molecule is CC(C)n1ccc(/C=C2/C(=O)NC(=O)N(c3cccc(F)c3)C2=O)c1. The zero-order valence-corrected chi connectivity index (χ0v) is 13.7. The second-order valence-corrected chi connectivity index (χ2v) is 5.92. The van der Waals surface area contributed by atoms with E-state index in [4.69, 9.17) is 0 Å². The Kier molecular flexibility index (Phi) is 4.22. The zero-order valence-electron chi connectivity index (χ0n) is 13.7. The van der Waals surface area contributed by atoms with Gasteiger partial charge < -0.3 is 4.57 Å². The van der Waals surface area contributed by atoms with Gasteiger partial charge in [-0.2, -0.15) is 0 Å². The molecule has 0 bridgehead atoms. The number of benzene rings is 1. The van der Waals surface area contributed by atoms with Gasteiger partial charge in [0.25, 0.3) is 11.8 Å². The minimum absolute atomic E-state index is 0.0562. The summed E-state index contributed by atoms with van der Waals surface area (Å²) >= 11 is 0. The molecule has 0 atom stereocenters. The second kappa shape index (κ2) is 6.35. The highest BCUT2D eigenvalue weighted by molar-refractivity contribution is 6.39. The topological polar surface area (TPSA) is 71.4 Å². The van der Waals surface area contributed by atoms with Gasteiger partial charge in [-0.25, -0.2) is 14.1 Å². The third kappa shape index (κ3) is 3.21. The van der Waals surface area contributed by atoms with Crippen LogP contribution in [-0.4, -0.2) is 22.4 Å². The smallest absolute Gasteiger partial charge is 0.335 e. The Morgan fingerprint density at radius 3 is 2.56 bits per heavy atom. The van der Waals surface area contributed by atoms with Crippen molar-refractivity contribution in [3.05, 3.63) is 59.7 Å². The summed E-state index contributed by atoms with van der Waals surface area (Å²) in [6.45, 7) is 4.00. The molecule has 25 heavy (non-hydrogen) atoms. The fourth-order valence-electron chi connectivity index (χ4n) is 2.51. The fourth-order valence-corrected chi connectivity index (χ4v) is 2.51. The second-order valence-electron chi connectivity index (χ2n) is 5.92. The summed E-state index contributed by atoms with van der Waals surface area (Å²) in [4.78, 5) is 37.5. The van der Waals surface area contributed by atoms with E-state index in [2.05, 4.69) is 5.32 Å². The number of anilines is 1. The van der Waals surface area contributed by atoms with Crippen molar-refractivity contribution in [1.29, 1.82) is 0 Å². The van der Waals surface area contributed by atoms with Crippen molar-refractivity contribution in [3.8, 4) is 0 Å². The number of hydrogen-bond acceptors (Lipinski definition) is 3. The summed E-state index contributed by atoms with van der Waals surface area (Å²) in [5.41, 5.74) is 0.520. The normalized spacial score (nSPS) is 16.7. The molecular formula is C18H16FN3O3. The maximum Gasteiger partial charge on any atom is 0.335 e. The lowest BCUT2D eigenvalue weighted by atomic mass is 10.1. The minimum Gasteiger partial charge on any atom is -0.351 e. The molecule has 2 heterocycles. The van der Waals surface area contributed by atoms with E-state index in [-0.39, 0.29) is 17.3 Å². The minimum atomic E-state index is -0.905. The molecule has 1 aromatic carbocycles. The molecule has 1 aliphatic heterocycles. The monoisotopic (exact) mass is 341 g/mol. The molecule has 0 radical (unpaired) electrons. The Bertz CT molecular complexity index is 898. The van der Waals surface area contributed by atoms with Gasteiger partial charge in [0, 0.05) is 18.4 Å². The van der Waals surface area contributed by atoms with Crippen molar-refractivity contribution >= 4 is 29.6 Å². The average molecular weight is 341 g/mol. The van der Waals surface area contributed by atoms with Crippen LogP contribution in [-0.2, 0) is 9.59 Å². The lowest BCUT2D eigenvalue weighted by molar-refractivity contribution is -0.122. The van der Waals surface area contributed by atoms with Crippen LogP contribution in [0.25, 0.3) is 6.08 Å². The molecule has 0 unspecified atom stereocenters. The number of aromatic nitrogens is 1. The maximum absolute atomic E-state index is 13.4. The number of hydrogen-bond donors (Lipinski definition) is 1. The van der Waals surface area contributed by atoms with Crippen molar-refractivity contribution in [2.24, 2.45) is 0 Å². The standard InChI is InChI=1S/C18H16FN3O3/c1-11(2)21-7-6-12(10-21)8-15-16(23)20-18(25)22(17(15)24)14-5-3-4-13(19)9-14/h3-11H,1-2H3,(H,20,23,25)/b15-8-. The van der Waals surface area contributed by atoms with Crippen LogP contribution in [0.4, 0.5) is 14.9 Å². The number of amides is 4. The number of nitrogens with zero attached hydrogens (tertiary/aromatic N) is 2. The van der Waals surface area contributed by atoms with Gasteiger partial charge in [0.2, 0.25) is 0 Å². The molecule has 1 fully saturated rings. The molecular weight excluding hydrogens is 325 g/mol. The number of carbonyl (C=O) groups is 3. The average Bonchev–Trinajstić information content (AvgIpc) is 3.00. The van der Waals surface area contributed by atoms with Crippen molar-refractivity contribution < 1.29 is 18.8 Å².